The Morgan fingerprint density at radius 1 is 1.00 bits per heavy atom. The summed E-state index contributed by atoms with van der Waals surface area (Å²) in [4.78, 5) is 29.2. The zero-order valence-corrected chi connectivity index (χ0v) is 18.9. The molecule has 1 aliphatic heterocycles. The van der Waals surface area contributed by atoms with Gasteiger partial charge in [-0.25, -0.2) is 0 Å². The van der Waals surface area contributed by atoms with Crippen LogP contribution >= 0.6 is 15.9 Å². The molecule has 1 spiro atoms. The fourth-order valence-electron chi connectivity index (χ4n) is 7.40. The molecule has 2 amide bonds. The van der Waals surface area contributed by atoms with Crippen molar-refractivity contribution < 1.29 is 9.59 Å². The van der Waals surface area contributed by atoms with Gasteiger partial charge in [0, 0.05) is 10.4 Å². The molecule has 30 heavy (non-hydrogen) atoms. The predicted octanol–water partition coefficient (Wildman–Crippen LogP) is 3.12. The lowest BCUT2D eigenvalue weighted by Gasteiger charge is -2.48. The van der Waals surface area contributed by atoms with Crippen LogP contribution in [0.2, 0.25) is 0 Å². The van der Waals surface area contributed by atoms with Crippen molar-refractivity contribution in [2.45, 2.75) is 43.9 Å². The molecule has 4 N–H and O–H groups in total. The maximum Gasteiger partial charge on any atom is 0.229 e. The molecule has 1 aromatic carbocycles. The van der Waals surface area contributed by atoms with Crippen molar-refractivity contribution in [3.8, 4) is 0 Å². The van der Waals surface area contributed by atoms with E-state index in [1.165, 1.54) is 12.8 Å². The highest BCUT2D eigenvalue weighted by Gasteiger charge is 2.82. The van der Waals surface area contributed by atoms with Gasteiger partial charge < -0.3 is 16.4 Å². The van der Waals surface area contributed by atoms with Crippen LogP contribution in [-0.2, 0) is 15.0 Å². The zero-order chi connectivity index (χ0) is 21.1. The second-order valence-corrected chi connectivity index (χ2v) is 10.7. The van der Waals surface area contributed by atoms with E-state index in [9.17, 15) is 9.59 Å². The Morgan fingerprint density at radius 3 is 2.20 bits per heavy atom. The van der Waals surface area contributed by atoms with Gasteiger partial charge in [-0.1, -0.05) is 40.2 Å². The van der Waals surface area contributed by atoms with Gasteiger partial charge in [0.15, 0.2) is 0 Å². The summed E-state index contributed by atoms with van der Waals surface area (Å²) in [6.45, 7) is 3.18. The number of allylic oxidation sites excluding steroid dienone is 2. The van der Waals surface area contributed by atoms with Crippen molar-refractivity contribution in [2.24, 2.45) is 34.1 Å². The van der Waals surface area contributed by atoms with Crippen LogP contribution in [0.1, 0.15) is 44.1 Å². The Hall–Kier alpha value is -1.66. The van der Waals surface area contributed by atoms with Gasteiger partial charge in [0.1, 0.15) is 0 Å². The van der Waals surface area contributed by atoms with Crippen molar-refractivity contribution >= 4 is 27.7 Å². The summed E-state index contributed by atoms with van der Waals surface area (Å²) < 4.78 is 0.935. The lowest BCUT2D eigenvalue weighted by atomic mass is 9.52. The summed E-state index contributed by atoms with van der Waals surface area (Å²) in [7, 11) is 0. The Morgan fingerprint density at radius 2 is 1.63 bits per heavy atom. The maximum atomic E-state index is 13.4. The van der Waals surface area contributed by atoms with Crippen LogP contribution in [0.3, 0.4) is 0 Å². The van der Waals surface area contributed by atoms with Crippen molar-refractivity contribution in [1.29, 1.82) is 0 Å². The van der Waals surface area contributed by atoms with E-state index in [-0.39, 0.29) is 23.2 Å². The van der Waals surface area contributed by atoms with E-state index in [0.717, 1.165) is 48.9 Å². The lowest BCUT2D eigenvalue weighted by molar-refractivity contribution is -0.144. The number of primary amides is 2. The maximum absolute atomic E-state index is 13.4. The van der Waals surface area contributed by atoms with Crippen molar-refractivity contribution in [3.63, 3.8) is 0 Å². The first-order chi connectivity index (χ1) is 14.4. The monoisotopic (exact) mass is 471 g/mol. The number of benzene rings is 1. The van der Waals surface area contributed by atoms with Gasteiger partial charge in [-0.3, -0.25) is 9.59 Å². The van der Waals surface area contributed by atoms with Crippen LogP contribution in [0.15, 0.2) is 40.9 Å². The summed E-state index contributed by atoms with van der Waals surface area (Å²) in [6.07, 6.45) is 10.3. The van der Waals surface area contributed by atoms with Gasteiger partial charge in [0.2, 0.25) is 11.8 Å². The Kier molecular flexibility index (Phi) is 4.67. The van der Waals surface area contributed by atoms with Crippen LogP contribution in [0.25, 0.3) is 0 Å². The van der Waals surface area contributed by atoms with E-state index < -0.39 is 16.7 Å². The summed E-state index contributed by atoms with van der Waals surface area (Å²) >= 11 is 3.49. The van der Waals surface area contributed by atoms with Gasteiger partial charge in [0.05, 0.1) is 10.8 Å². The molecule has 5 nitrogen and oxygen atoms in total. The fraction of sp³-hybridized carbons (Fsp3) is 0.583. The summed E-state index contributed by atoms with van der Waals surface area (Å²) in [5.74, 6) is -0.850. The van der Waals surface area contributed by atoms with Crippen molar-refractivity contribution in [2.75, 3.05) is 19.6 Å². The topological polar surface area (TPSA) is 89.4 Å². The minimum Gasteiger partial charge on any atom is -0.369 e. The highest BCUT2D eigenvalue weighted by Crippen LogP contribution is 2.80. The van der Waals surface area contributed by atoms with Crippen molar-refractivity contribution in [1.82, 2.24) is 4.90 Å². The van der Waals surface area contributed by atoms with E-state index in [2.05, 4.69) is 33.0 Å². The molecule has 3 fully saturated rings. The van der Waals surface area contributed by atoms with Gasteiger partial charge >= 0.3 is 0 Å². The third-order valence-corrected chi connectivity index (χ3v) is 9.16. The summed E-state index contributed by atoms with van der Waals surface area (Å²) in [5, 5.41) is 0. The van der Waals surface area contributed by atoms with Gasteiger partial charge in [-0.05, 0) is 87.2 Å². The standard InChI is InChI=1S/C24H30BrN3O2/c25-17-6-4-16(5-7-17)24(21(27)30)19-9-8-18(22(19)11-12-22)23(24,20(26)29)10-3-15-28-13-1-2-14-28/h4-9,18-19H,1-3,10-15H2,(H2,26,29)(H2,27,30)/t18-,19+,23+,24-/m1/s1. The summed E-state index contributed by atoms with van der Waals surface area (Å²) in [6, 6.07) is 7.78. The molecule has 2 saturated carbocycles. The predicted molar refractivity (Wildman–Crippen MR) is 119 cm³/mol. The third kappa shape index (κ3) is 2.44. The number of likely N-dealkylation sites (tertiary alicyclic amines) is 1. The van der Waals surface area contributed by atoms with Gasteiger partial charge in [-0.2, -0.15) is 0 Å². The van der Waals surface area contributed by atoms with E-state index in [0.29, 0.717) is 6.42 Å². The van der Waals surface area contributed by atoms with E-state index in [4.69, 9.17) is 11.5 Å². The van der Waals surface area contributed by atoms with Crippen LogP contribution in [-0.4, -0.2) is 36.3 Å². The highest BCUT2D eigenvalue weighted by atomic mass is 79.9. The smallest absolute Gasteiger partial charge is 0.229 e. The van der Waals surface area contributed by atoms with Crippen LogP contribution in [0, 0.1) is 22.7 Å². The first-order valence-electron chi connectivity index (χ1n) is 11.2. The number of amides is 2. The molecule has 4 atom stereocenters. The number of hydrogen-bond acceptors (Lipinski definition) is 3. The highest BCUT2D eigenvalue weighted by molar-refractivity contribution is 9.10. The molecule has 0 aromatic heterocycles. The number of hydrogen-bond donors (Lipinski definition) is 2. The van der Waals surface area contributed by atoms with Gasteiger partial charge in [-0.15, -0.1) is 0 Å². The fourth-order valence-corrected chi connectivity index (χ4v) is 7.66. The average molecular weight is 472 g/mol. The number of nitrogens with zero attached hydrogens (tertiary/aromatic N) is 1. The molecule has 6 heteroatoms. The second kappa shape index (κ2) is 6.92. The number of carbonyl (C=O) groups is 2. The Balaban J connectivity index is 1.63. The first kappa shape index (κ1) is 20.3. The molecule has 0 radical (unpaired) electrons. The molecule has 2 bridgehead atoms. The van der Waals surface area contributed by atoms with Gasteiger partial charge in [0.25, 0.3) is 0 Å². The number of halogens is 1. The van der Waals surface area contributed by atoms with Crippen LogP contribution in [0.5, 0.6) is 0 Å². The molecular formula is C24H30BrN3O2. The molecule has 3 aliphatic carbocycles. The molecule has 160 valence electrons. The Labute approximate surface area is 186 Å². The SMILES string of the molecule is NC(=O)[C@]1(CCCN2CCCC2)[C@@H]2C=C[C@@H](C23CC3)[C@@]1(C(N)=O)c1ccc(Br)cc1. The Bertz CT molecular complexity index is 904. The second-order valence-electron chi connectivity index (χ2n) is 9.74. The zero-order valence-electron chi connectivity index (χ0n) is 17.3. The average Bonchev–Trinajstić information content (AvgIpc) is 3.08. The largest absolute Gasteiger partial charge is 0.369 e. The van der Waals surface area contributed by atoms with Crippen molar-refractivity contribution in [3.05, 3.63) is 46.5 Å². The van der Waals surface area contributed by atoms with E-state index in [1.54, 1.807) is 0 Å². The summed E-state index contributed by atoms with van der Waals surface area (Å²) in [5.41, 5.74) is 11.2. The normalized spacial score (nSPS) is 35.9. The molecule has 5 rings (SSSR count). The number of nitrogens with two attached hydrogens (primary N) is 2. The van der Waals surface area contributed by atoms with Crippen LogP contribution < -0.4 is 11.5 Å². The molecule has 1 aromatic rings. The number of rotatable bonds is 7. The molecule has 1 saturated heterocycles. The minimum atomic E-state index is -1.08. The van der Waals surface area contributed by atoms with E-state index >= 15 is 0 Å². The minimum absolute atomic E-state index is 0.0118. The molecular weight excluding hydrogens is 442 g/mol. The first-order valence-corrected chi connectivity index (χ1v) is 12.0. The van der Waals surface area contributed by atoms with E-state index in [1.807, 2.05) is 24.3 Å². The molecule has 0 unspecified atom stereocenters. The number of carbonyl (C=O) groups excluding carboxylic acids is 2. The quantitative estimate of drug-likeness (QED) is 0.598. The molecule has 4 aliphatic rings. The molecule has 1 heterocycles. The lowest BCUT2D eigenvalue weighted by Crippen LogP contribution is -2.62. The third-order valence-electron chi connectivity index (χ3n) is 8.64. The van der Waals surface area contributed by atoms with Crippen LogP contribution in [0.4, 0.5) is 0 Å².